The largest absolute Gasteiger partial charge is 0.507 e. The number of phenols is 1. The molecular formula is C22H24F2N6O. The molecule has 2 aliphatic heterocycles. The molecule has 2 bridgehead atoms. The fraction of sp³-hybridized carbons (Fsp3) is 0.409. The number of piperidine rings is 1. The predicted octanol–water partition coefficient (Wildman–Crippen LogP) is 3.31. The average Bonchev–Trinajstić information content (AvgIpc) is 3.43. The summed E-state index contributed by atoms with van der Waals surface area (Å²) in [5, 5.41) is 17.8. The summed E-state index contributed by atoms with van der Waals surface area (Å²) < 4.78 is 28.7. The number of aromatic nitrogens is 4. The van der Waals surface area contributed by atoms with Gasteiger partial charge in [0, 0.05) is 36.5 Å². The zero-order chi connectivity index (χ0) is 21.5. The Hall–Kier alpha value is -3.07. The van der Waals surface area contributed by atoms with E-state index in [4.69, 9.17) is 0 Å². The van der Waals surface area contributed by atoms with Gasteiger partial charge in [-0.1, -0.05) is 6.07 Å². The van der Waals surface area contributed by atoms with Crippen LogP contribution in [0.5, 0.6) is 5.75 Å². The quantitative estimate of drug-likeness (QED) is 0.652. The molecule has 2 aliphatic rings. The number of anilines is 1. The van der Waals surface area contributed by atoms with Gasteiger partial charge < -0.3 is 15.3 Å². The van der Waals surface area contributed by atoms with E-state index in [-0.39, 0.29) is 17.8 Å². The van der Waals surface area contributed by atoms with Crippen LogP contribution in [0.15, 0.2) is 43.0 Å². The summed E-state index contributed by atoms with van der Waals surface area (Å²) in [5.41, 5.74) is 2.48. The first-order chi connectivity index (χ1) is 15.0. The Labute approximate surface area is 178 Å². The van der Waals surface area contributed by atoms with Crippen LogP contribution in [0.2, 0.25) is 0 Å². The summed E-state index contributed by atoms with van der Waals surface area (Å²) in [5.74, 6) is 0.645. The number of rotatable bonds is 5. The molecule has 0 saturated carbocycles. The minimum Gasteiger partial charge on any atom is -0.507 e. The van der Waals surface area contributed by atoms with Gasteiger partial charge >= 0.3 is 0 Å². The monoisotopic (exact) mass is 426 g/mol. The highest BCUT2D eigenvalue weighted by molar-refractivity contribution is 5.73. The molecule has 0 aliphatic carbocycles. The Balaban J connectivity index is 1.35. The molecule has 1 aromatic carbocycles. The topological polar surface area (TPSA) is 79.1 Å². The molecule has 2 unspecified atom stereocenters. The van der Waals surface area contributed by atoms with Crippen molar-refractivity contribution in [1.82, 2.24) is 25.1 Å². The number of benzene rings is 1. The number of phenolic OH excluding ortho intramolecular Hbond substituents is 1. The smallest absolute Gasteiger partial charge is 0.181 e. The van der Waals surface area contributed by atoms with Gasteiger partial charge in [0.15, 0.2) is 6.80 Å². The lowest BCUT2D eigenvalue weighted by atomic mass is 9.96. The average molecular weight is 426 g/mol. The Morgan fingerprint density at radius 2 is 2.06 bits per heavy atom. The summed E-state index contributed by atoms with van der Waals surface area (Å²) in [6, 6.07) is 5.21. The van der Waals surface area contributed by atoms with Gasteiger partial charge in [-0.3, -0.25) is 4.98 Å². The molecule has 4 atom stereocenters. The molecule has 3 aromatic rings. The van der Waals surface area contributed by atoms with E-state index in [9.17, 15) is 13.9 Å². The number of fused-ring (bicyclic) bond motifs is 2. The van der Waals surface area contributed by atoms with Gasteiger partial charge in [-0.2, -0.15) is 5.10 Å². The lowest BCUT2D eigenvalue weighted by molar-refractivity contribution is 0.176. The van der Waals surface area contributed by atoms with Gasteiger partial charge in [-0.15, -0.1) is 0 Å². The molecule has 162 valence electrons. The normalized spacial score (nSPS) is 25.0. The van der Waals surface area contributed by atoms with E-state index in [0.29, 0.717) is 28.7 Å². The molecule has 5 rings (SSSR count). The van der Waals surface area contributed by atoms with E-state index in [1.165, 1.54) is 4.68 Å². The van der Waals surface area contributed by atoms with Crippen LogP contribution in [0.3, 0.4) is 0 Å². The third-order valence-electron chi connectivity index (χ3n) is 6.41. The summed E-state index contributed by atoms with van der Waals surface area (Å²) in [7, 11) is 1.86. The minimum absolute atomic E-state index is 0.0413. The third-order valence-corrected chi connectivity index (χ3v) is 6.41. The van der Waals surface area contributed by atoms with Crippen molar-refractivity contribution in [3.63, 3.8) is 0 Å². The standard InChI is InChI=1S/C22H24F2N6O/c1-29(19-7-15-3-5-17(28-15)22(19)24)21-10-25-18(9-26-21)16-4-2-13(6-20(16)31)14-8-27-30(11-14)12-23/h2,4,6,8-11,15,17,19,22,28,31H,3,5,7,12H2,1H3/t15?,17?,19-,22+/m0/s1. The van der Waals surface area contributed by atoms with Crippen molar-refractivity contribution in [3.05, 3.63) is 43.0 Å². The number of nitrogens with zero attached hydrogens (tertiary/aromatic N) is 5. The van der Waals surface area contributed by atoms with Crippen molar-refractivity contribution in [3.8, 4) is 28.1 Å². The SMILES string of the molecule is CN(c1cnc(-c2ccc(-c3cnn(CF)c3)cc2O)cn1)[C@H]1CC2CCC(N2)[C@H]1F. The molecule has 0 amide bonds. The highest BCUT2D eigenvalue weighted by Gasteiger charge is 2.43. The van der Waals surface area contributed by atoms with Crippen molar-refractivity contribution in [1.29, 1.82) is 0 Å². The highest BCUT2D eigenvalue weighted by Crippen LogP contribution is 2.35. The van der Waals surface area contributed by atoms with Crippen molar-refractivity contribution in [2.45, 2.75) is 50.4 Å². The molecule has 7 nitrogen and oxygen atoms in total. The number of alkyl halides is 2. The molecule has 2 N–H and O–H groups in total. The van der Waals surface area contributed by atoms with Gasteiger partial charge in [-0.25, -0.2) is 18.4 Å². The lowest BCUT2D eigenvalue weighted by Crippen LogP contribution is -2.55. The molecule has 9 heteroatoms. The van der Waals surface area contributed by atoms with Crippen LogP contribution < -0.4 is 10.2 Å². The molecule has 2 aromatic heterocycles. The van der Waals surface area contributed by atoms with Crippen molar-refractivity contribution in [2.24, 2.45) is 0 Å². The number of hydrogen-bond acceptors (Lipinski definition) is 6. The van der Waals surface area contributed by atoms with Gasteiger partial charge in [0.25, 0.3) is 0 Å². The number of hydrogen-bond donors (Lipinski definition) is 2. The van der Waals surface area contributed by atoms with Gasteiger partial charge in [-0.05, 0) is 37.0 Å². The first-order valence-corrected chi connectivity index (χ1v) is 10.4. The first kappa shape index (κ1) is 19.9. The van der Waals surface area contributed by atoms with Crippen molar-refractivity contribution in [2.75, 3.05) is 11.9 Å². The van der Waals surface area contributed by atoms with Crippen LogP contribution in [-0.2, 0) is 6.80 Å². The maximum absolute atomic E-state index is 14.9. The van der Waals surface area contributed by atoms with Gasteiger partial charge in [0.2, 0.25) is 0 Å². The lowest BCUT2D eigenvalue weighted by Gasteiger charge is -2.38. The second-order valence-electron chi connectivity index (χ2n) is 8.29. The van der Waals surface area contributed by atoms with Crippen LogP contribution >= 0.6 is 0 Å². The summed E-state index contributed by atoms with van der Waals surface area (Å²) in [6.45, 7) is -0.706. The van der Waals surface area contributed by atoms with Crippen LogP contribution in [-0.4, -0.2) is 56.2 Å². The molecule has 4 heterocycles. The highest BCUT2D eigenvalue weighted by atomic mass is 19.1. The van der Waals surface area contributed by atoms with Crippen molar-refractivity contribution < 1.29 is 13.9 Å². The second kappa shape index (κ2) is 7.88. The van der Waals surface area contributed by atoms with E-state index in [2.05, 4.69) is 20.4 Å². The maximum Gasteiger partial charge on any atom is 0.181 e. The van der Waals surface area contributed by atoms with Gasteiger partial charge in [0.05, 0.1) is 30.3 Å². The third kappa shape index (κ3) is 3.63. The van der Waals surface area contributed by atoms with Crippen molar-refractivity contribution >= 4 is 5.82 Å². The zero-order valence-corrected chi connectivity index (χ0v) is 17.1. The molecule has 0 radical (unpaired) electrons. The van der Waals surface area contributed by atoms with E-state index < -0.39 is 13.0 Å². The van der Waals surface area contributed by atoms with E-state index in [0.717, 1.165) is 24.8 Å². The summed E-state index contributed by atoms with van der Waals surface area (Å²) >= 11 is 0. The Bertz CT molecular complexity index is 1070. The first-order valence-electron chi connectivity index (χ1n) is 10.4. The fourth-order valence-electron chi connectivity index (χ4n) is 4.67. The summed E-state index contributed by atoms with van der Waals surface area (Å²) in [4.78, 5) is 10.8. The Morgan fingerprint density at radius 3 is 2.77 bits per heavy atom. The Kier molecular flexibility index (Phi) is 5.05. The molecule has 2 fully saturated rings. The van der Waals surface area contributed by atoms with Crippen LogP contribution in [0.4, 0.5) is 14.6 Å². The predicted molar refractivity (Wildman–Crippen MR) is 113 cm³/mol. The van der Waals surface area contributed by atoms with E-state index in [1.807, 2.05) is 18.0 Å². The molecule has 31 heavy (non-hydrogen) atoms. The van der Waals surface area contributed by atoms with Crippen LogP contribution in [0, 0.1) is 0 Å². The number of halogens is 2. The van der Waals surface area contributed by atoms with E-state index >= 15 is 0 Å². The van der Waals surface area contributed by atoms with Crippen LogP contribution in [0.25, 0.3) is 22.4 Å². The molecular weight excluding hydrogens is 402 g/mol. The minimum atomic E-state index is -0.941. The zero-order valence-electron chi connectivity index (χ0n) is 17.1. The molecule has 0 spiro atoms. The second-order valence-corrected chi connectivity index (χ2v) is 8.29. The summed E-state index contributed by atoms with van der Waals surface area (Å²) in [6.07, 6.45) is 8.03. The fourth-order valence-corrected chi connectivity index (χ4v) is 4.67. The maximum atomic E-state index is 14.9. The number of aromatic hydroxyl groups is 1. The van der Waals surface area contributed by atoms with E-state index in [1.54, 1.807) is 36.9 Å². The Morgan fingerprint density at radius 1 is 1.19 bits per heavy atom. The molecule has 2 saturated heterocycles. The number of nitrogens with one attached hydrogen (secondary N) is 1. The van der Waals surface area contributed by atoms with Crippen LogP contribution in [0.1, 0.15) is 19.3 Å². The van der Waals surface area contributed by atoms with Gasteiger partial charge in [0.1, 0.15) is 17.7 Å².